The molecule has 1 N–H and O–H groups in total. The van der Waals surface area contributed by atoms with Crippen LogP contribution in [0.1, 0.15) is 34.6 Å². The molecule has 0 rings (SSSR count). The molecule has 0 saturated carbocycles. The van der Waals surface area contributed by atoms with E-state index in [1.807, 2.05) is 63.9 Å². The minimum atomic E-state index is -1.00. The number of likely N-dealkylation sites (N-methyl/N-ethyl adjacent to an activating group) is 8. The molecule has 0 aliphatic carbocycles. The van der Waals surface area contributed by atoms with Crippen molar-refractivity contribution in [3.8, 4) is 0 Å². The molecule has 0 aliphatic heterocycles. The molecule has 0 bridgehead atoms. The first-order valence-corrected chi connectivity index (χ1v) is 19.4. The Morgan fingerprint density at radius 2 is 0.770 bits per heavy atom. The van der Waals surface area contributed by atoms with Crippen molar-refractivity contribution in [3.63, 3.8) is 0 Å². The van der Waals surface area contributed by atoms with Gasteiger partial charge in [0.15, 0.2) is 0 Å². The number of amides is 5. The number of carbonyl (C=O) groups is 10. The number of carbonyl (C=O) groups excluding carboxylic acids is 9. The highest BCUT2D eigenvalue weighted by molar-refractivity contribution is 5.81. The summed E-state index contributed by atoms with van der Waals surface area (Å²) in [6, 6.07) is 0.472. The molecule has 0 aliphatic rings. The minimum Gasteiger partial charge on any atom is -0.480 e. The Kier molecular flexibility index (Phi) is 66.9. The summed E-state index contributed by atoms with van der Waals surface area (Å²) in [7, 11) is 25.4. The molecule has 5 amide bonds. The van der Waals surface area contributed by atoms with Crippen LogP contribution < -0.4 is 0 Å². The Morgan fingerprint density at radius 3 is 0.951 bits per heavy atom. The monoisotopic (exact) mass is 883 g/mol. The molecule has 0 aromatic heterocycles. The average molecular weight is 883 g/mol. The van der Waals surface area contributed by atoms with Gasteiger partial charge in [0, 0.05) is 47.8 Å². The summed E-state index contributed by atoms with van der Waals surface area (Å²) >= 11 is 0. The predicted molar refractivity (Wildman–Crippen MR) is 242 cm³/mol. The Labute approximate surface area is 368 Å². The van der Waals surface area contributed by atoms with Crippen molar-refractivity contribution < 1.29 is 53.1 Å². The molecule has 0 saturated heterocycles. The van der Waals surface area contributed by atoms with Gasteiger partial charge in [-0.2, -0.15) is 0 Å². The predicted octanol–water partition coefficient (Wildman–Crippen LogP) is -1.40. The fraction of sp³-hybridized carbons (Fsp3) is 0.750. The van der Waals surface area contributed by atoms with Gasteiger partial charge in [0.2, 0.25) is 31.0 Å². The number of aldehydes is 4. The van der Waals surface area contributed by atoms with Gasteiger partial charge in [-0.05, 0) is 97.3 Å². The smallest absolute Gasteiger partial charge is 0.323 e. The van der Waals surface area contributed by atoms with Crippen LogP contribution in [0.2, 0.25) is 0 Å². The van der Waals surface area contributed by atoms with Gasteiger partial charge in [0.1, 0.15) is 31.7 Å². The quantitative estimate of drug-likeness (QED) is 0.131. The van der Waals surface area contributed by atoms with Crippen molar-refractivity contribution in [1.82, 2.24) is 49.0 Å². The standard InChI is InChI=1S/C7H12N2O3.C7H16N2O.C6H13NO.C4H7NO3.C4H7NO2.C4H9NO.2C4H11N/c1-8(6-11)5-7(12)9(2)3-4-10;1-5-9(4)7(10)6-8(2)3;1-6(2)7(3)4-5-8;1-5(3-6)2-4(7)8;1-5(4-7)2-3-6;1-5(2)3-4-6;2*1-4-5(2)3/h4,6H,3,5H2,1-2H3;5-6H2,1-4H3;5-6H,4H2,1-3H3;3H,2H2,1H3,(H,7,8);3-4H,2H2,1H3;4H,3H2,1-2H3;2*4H2,1-3H3. The zero-order valence-corrected chi connectivity index (χ0v) is 41.2. The van der Waals surface area contributed by atoms with E-state index in [0.29, 0.717) is 57.5 Å². The van der Waals surface area contributed by atoms with Crippen LogP contribution in [-0.4, -0.2) is 286 Å². The summed E-state index contributed by atoms with van der Waals surface area (Å²) in [6.45, 7) is 15.0. The van der Waals surface area contributed by atoms with Crippen LogP contribution in [0.3, 0.4) is 0 Å². The maximum Gasteiger partial charge on any atom is 0.323 e. The topological polar surface area (TPSA) is 223 Å². The van der Waals surface area contributed by atoms with Crippen LogP contribution in [0, 0.1) is 0 Å². The van der Waals surface area contributed by atoms with E-state index < -0.39 is 5.97 Å². The lowest BCUT2D eigenvalue weighted by atomic mass is 10.3. The molecule has 0 fully saturated rings. The van der Waals surface area contributed by atoms with Gasteiger partial charge in [-0.3, -0.25) is 33.7 Å². The molecule has 0 aromatic rings. The third-order valence-electron chi connectivity index (χ3n) is 6.75. The Hall–Kier alpha value is -4.70. The second-order valence-corrected chi connectivity index (χ2v) is 14.2. The molecule has 0 aromatic carbocycles. The molecule has 0 heterocycles. The summed E-state index contributed by atoms with van der Waals surface area (Å²) in [5.74, 6) is -1.08. The van der Waals surface area contributed by atoms with Crippen LogP contribution in [0.25, 0.3) is 0 Å². The van der Waals surface area contributed by atoms with Gasteiger partial charge in [-0.25, -0.2) is 0 Å². The minimum absolute atomic E-state index is 0.00778. The van der Waals surface area contributed by atoms with E-state index >= 15 is 0 Å². The lowest BCUT2D eigenvalue weighted by Gasteiger charge is -2.16. The number of hydrogen-bond acceptors (Lipinski definition) is 15. The van der Waals surface area contributed by atoms with Gasteiger partial charge in [-0.1, -0.05) is 13.8 Å². The van der Waals surface area contributed by atoms with Crippen molar-refractivity contribution >= 4 is 62.2 Å². The molecule has 0 unspecified atom stereocenters. The van der Waals surface area contributed by atoms with E-state index in [2.05, 4.69) is 65.7 Å². The summed E-state index contributed by atoms with van der Waals surface area (Å²) in [6.07, 6.45) is 4.74. The zero-order valence-electron chi connectivity index (χ0n) is 41.2. The van der Waals surface area contributed by atoms with Gasteiger partial charge in [0.25, 0.3) is 0 Å². The lowest BCUT2D eigenvalue weighted by molar-refractivity contribution is -0.140. The van der Waals surface area contributed by atoms with E-state index in [9.17, 15) is 47.9 Å². The number of carboxylic acids is 1. The van der Waals surface area contributed by atoms with Crippen molar-refractivity contribution in [2.24, 2.45) is 0 Å². The van der Waals surface area contributed by atoms with E-state index in [4.69, 9.17) is 5.11 Å². The van der Waals surface area contributed by atoms with Crippen LogP contribution >= 0.6 is 0 Å². The van der Waals surface area contributed by atoms with Crippen LogP contribution in [-0.2, 0) is 47.9 Å². The number of carboxylic acid groups (broad SMARTS) is 1. The van der Waals surface area contributed by atoms with Crippen LogP contribution in [0.15, 0.2) is 0 Å². The maximum absolute atomic E-state index is 11.1. The van der Waals surface area contributed by atoms with Gasteiger partial charge in [-0.15, -0.1) is 0 Å². The second-order valence-electron chi connectivity index (χ2n) is 14.2. The SMILES string of the molecule is CC(C)N(C)CC=O.CCN(C)C.CCN(C)C.CCN(C)C(=O)CN(C)C.CN(C)CC=O.CN(C=O)CC(=O)N(C)CC=O.CN(C=O)CC(=O)O.CN(C=O)CC=O. The summed E-state index contributed by atoms with van der Waals surface area (Å²) in [5, 5.41) is 8.01. The van der Waals surface area contributed by atoms with Crippen LogP contribution in [0.5, 0.6) is 0 Å². The van der Waals surface area contributed by atoms with Gasteiger partial charge < -0.3 is 68.4 Å². The van der Waals surface area contributed by atoms with Crippen LogP contribution in [0.4, 0.5) is 0 Å². The molecular weight excluding hydrogens is 796 g/mol. The highest BCUT2D eigenvalue weighted by Gasteiger charge is 2.09. The first-order valence-electron chi connectivity index (χ1n) is 19.4. The normalized spacial score (nSPS) is 9.20. The van der Waals surface area contributed by atoms with Crippen molar-refractivity contribution in [1.29, 1.82) is 0 Å². The van der Waals surface area contributed by atoms with Crippen molar-refractivity contribution in [2.45, 2.75) is 40.7 Å². The largest absolute Gasteiger partial charge is 0.480 e. The molecule has 0 spiro atoms. The average Bonchev–Trinajstić information content (AvgIpc) is 3.18. The maximum atomic E-state index is 11.1. The number of rotatable bonds is 21. The second kappa shape index (κ2) is 55.3. The molecule has 21 nitrogen and oxygen atoms in total. The Bertz CT molecular complexity index is 1080. The molecule has 21 heteroatoms. The van der Waals surface area contributed by atoms with Crippen molar-refractivity contribution in [3.05, 3.63) is 0 Å². The molecular formula is C40H86N10O11. The fourth-order valence-electron chi connectivity index (χ4n) is 2.04. The zero-order chi connectivity index (χ0) is 50.1. The Balaban J connectivity index is -0.0000000892. The molecule has 0 atom stereocenters. The number of nitrogens with zero attached hydrogens (tertiary/aromatic N) is 10. The highest BCUT2D eigenvalue weighted by atomic mass is 16.4. The third-order valence-corrected chi connectivity index (χ3v) is 6.75. The number of aliphatic carboxylic acids is 1. The fourth-order valence-corrected chi connectivity index (χ4v) is 2.04. The van der Waals surface area contributed by atoms with E-state index in [-0.39, 0.29) is 38.0 Å². The van der Waals surface area contributed by atoms with E-state index in [0.717, 1.165) is 37.1 Å². The van der Waals surface area contributed by atoms with Gasteiger partial charge >= 0.3 is 5.97 Å². The first-order chi connectivity index (χ1) is 28.2. The van der Waals surface area contributed by atoms with Crippen molar-refractivity contribution in [2.75, 3.05) is 164 Å². The summed E-state index contributed by atoms with van der Waals surface area (Å²) in [4.78, 5) is 117. The Morgan fingerprint density at radius 1 is 0.426 bits per heavy atom. The summed E-state index contributed by atoms with van der Waals surface area (Å²) in [5.41, 5.74) is 0. The lowest BCUT2D eigenvalue weighted by Crippen LogP contribution is -2.36. The molecule has 362 valence electrons. The van der Waals surface area contributed by atoms with E-state index in [1.54, 1.807) is 11.9 Å². The third kappa shape index (κ3) is 83.8. The highest BCUT2D eigenvalue weighted by Crippen LogP contribution is 1.89. The molecule has 0 radical (unpaired) electrons. The van der Waals surface area contributed by atoms with Gasteiger partial charge in [0.05, 0.1) is 39.3 Å². The first kappa shape index (κ1) is 73.8. The molecule has 61 heavy (non-hydrogen) atoms. The number of hydrogen-bond donors (Lipinski definition) is 1. The van der Waals surface area contributed by atoms with E-state index in [1.165, 1.54) is 35.8 Å². The summed E-state index contributed by atoms with van der Waals surface area (Å²) < 4.78 is 0.